The van der Waals surface area contributed by atoms with Crippen molar-refractivity contribution in [1.82, 2.24) is 0 Å². The zero-order valence-electron chi connectivity index (χ0n) is 16.2. The second-order valence-electron chi connectivity index (χ2n) is 8.12. The summed E-state index contributed by atoms with van der Waals surface area (Å²) in [6, 6.07) is 13.3. The molecule has 2 amide bonds. The molecule has 1 saturated carbocycles. The average molecular weight is 392 g/mol. The standard InChI is InChI=1S/C23H24N2O4/c26-21(10-7-16-13-15-5-1-2-6-18(15)25-22(16)27)24-17-8-9-19-20(14-17)29-23(28-19)11-3-4-12-23/h1-2,5-6,8-9,14,16H,3-4,7,10-13H2,(H,24,26)(H,25,27)/t16-/m0/s1. The van der Waals surface area contributed by atoms with E-state index in [0.717, 1.165) is 42.7 Å². The normalized spacial score (nSPS) is 21.0. The van der Waals surface area contributed by atoms with E-state index in [0.29, 0.717) is 30.7 Å². The van der Waals surface area contributed by atoms with Crippen LogP contribution < -0.4 is 20.1 Å². The molecule has 5 rings (SSSR count). The maximum absolute atomic E-state index is 12.4. The highest BCUT2D eigenvalue weighted by Gasteiger charge is 2.44. The van der Waals surface area contributed by atoms with E-state index in [2.05, 4.69) is 10.6 Å². The van der Waals surface area contributed by atoms with Crippen LogP contribution in [0.25, 0.3) is 0 Å². The minimum Gasteiger partial charge on any atom is -0.448 e. The Morgan fingerprint density at radius 3 is 2.76 bits per heavy atom. The summed E-state index contributed by atoms with van der Waals surface area (Å²) in [5.74, 6) is 0.618. The zero-order chi connectivity index (χ0) is 19.8. The van der Waals surface area contributed by atoms with Gasteiger partial charge in [-0.05, 0) is 49.4 Å². The van der Waals surface area contributed by atoms with E-state index >= 15 is 0 Å². The highest BCUT2D eigenvalue weighted by atomic mass is 16.7. The first-order chi connectivity index (χ1) is 14.1. The average Bonchev–Trinajstić information content (AvgIpc) is 3.31. The fourth-order valence-electron chi connectivity index (χ4n) is 4.46. The largest absolute Gasteiger partial charge is 0.448 e. The summed E-state index contributed by atoms with van der Waals surface area (Å²) >= 11 is 0. The van der Waals surface area contributed by atoms with Gasteiger partial charge in [0, 0.05) is 42.6 Å². The SMILES string of the molecule is O=C(CC[C@H]1Cc2ccccc2NC1=O)Nc1ccc2c(c1)OC1(CCCC1)O2. The van der Waals surface area contributed by atoms with Gasteiger partial charge in [0.2, 0.25) is 11.8 Å². The molecule has 2 aromatic rings. The Morgan fingerprint density at radius 2 is 1.90 bits per heavy atom. The molecular weight excluding hydrogens is 368 g/mol. The van der Waals surface area contributed by atoms with Crippen LogP contribution >= 0.6 is 0 Å². The van der Waals surface area contributed by atoms with Gasteiger partial charge in [0.05, 0.1) is 0 Å². The van der Waals surface area contributed by atoms with E-state index in [-0.39, 0.29) is 17.7 Å². The number of anilines is 2. The van der Waals surface area contributed by atoms with E-state index in [1.165, 1.54) is 0 Å². The molecule has 0 unspecified atom stereocenters. The van der Waals surface area contributed by atoms with E-state index in [1.807, 2.05) is 42.5 Å². The van der Waals surface area contributed by atoms with Gasteiger partial charge in [0.1, 0.15) is 0 Å². The fraction of sp³-hybridized carbons (Fsp3) is 0.391. The van der Waals surface area contributed by atoms with Gasteiger partial charge in [-0.25, -0.2) is 0 Å². The first kappa shape index (κ1) is 18.0. The van der Waals surface area contributed by atoms with Crippen molar-refractivity contribution in [2.75, 3.05) is 10.6 Å². The number of para-hydroxylation sites is 1. The van der Waals surface area contributed by atoms with Crippen molar-refractivity contribution in [2.45, 2.75) is 50.7 Å². The lowest BCUT2D eigenvalue weighted by Crippen LogP contribution is -2.34. The lowest BCUT2D eigenvalue weighted by atomic mass is 9.89. The molecule has 2 aromatic carbocycles. The number of amides is 2. The summed E-state index contributed by atoms with van der Waals surface area (Å²) in [6.45, 7) is 0. The summed E-state index contributed by atoms with van der Waals surface area (Å²) in [7, 11) is 0. The van der Waals surface area contributed by atoms with Crippen LogP contribution in [0.3, 0.4) is 0 Å². The molecule has 0 saturated heterocycles. The van der Waals surface area contributed by atoms with Gasteiger partial charge >= 0.3 is 0 Å². The Kier molecular flexibility index (Phi) is 4.42. The maximum atomic E-state index is 12.4. The molecular formula is C23H24N2O4. The van der Waals surface area contributed by atoms with Crippen molar-refractivity contribution in [3.8, 4) is 11.5 Å². The van der Waals surface area contributed by atoms with E-state index in [4.69, 9.17) is 9.47 Å². The third-order valence-corrected chi connectivity index (χ3v) is 6.02. The number of nitrogens with one attached hydrogen (secondary N) is 2. The summed E-state index contributed by atoms with van der Waals surface area (Å²) in [5, 5.41) is 5.85. The minimum atomic E-state index is -0.504. The number of carbonyl (C=O) groups is 2. The van der Waals surface area contributed by atoms with Crippen molar-refractivity contribution in [1.29, 1.82) is 0 Å². The molecule has 2 heterocycles. The van der Waals surface area contributed by atoms with Crippen LogP contribution in [0.1, 0.15) is 44.1 Å². The quantitative estimate of drug-likeness (QED) is 0.815. The van der Waals surface area contributed by atoms with Crippen LogP contribution in [-0.4, -0.2) is 17.6 Å². The van der Waals surface area contributed by atoms with Gasteiger partial charge in [-0.15, -0.1) is 0 Å². The molecule has 150 valence electrons. The number of carbonyl (C=O) groups excluding carboxylic acids is 2. The molecule has 3 aliphatic rings. The molecule has 2 N–H and O–H groups in total. The molecule has 1 atom stereocenters. The Balaban J connectivity index is 1.18. The van der Waals surface area contributed by atoms with Gasteiger partial charge < -0.3 is 20.1 Å². The number of hydrogen-bond donors (Lipinski definition) is 2. The van der Waals surface area contributed by atoms with Crippen LogP contribution in [0, 0.1) is 5.92 Å². The van der Waals surface area contributed by atoms with Crippen molar-refractivity contribution >= 4 is 23.2 Å². The van der Waals surface area contributed by atoms with Crippen LogP contribution in [0.2, 0.25) is 0 Å². The van der Waals surface area contributed by atoms with Crippen molar-refractivity contribution < 1.29 is 19.1 Å². The zero-order valence-corrected chi connectivity index (χ0v) is 16.2. The summed E-state index contributed by atoms with van der Waals surface area (Å²) in [6.07, 6.45) is 5.49. The lowest BCUT2D eigenvalue weighted by Gasteiger charge is -2.24. The van der Waals surface area contributed by atoms with Gasteiger partial charge in [-0.2, -0.15) is 0 Å². The third kappa shape index (κ3) is 3.55. The third-order valence-electron chi connectivity index (χ3n) is 6.02. The topological polar surface area (TPSA) is 76.7 Å². The number of ether oxygens (including phenoxy) is 2. The van der Waals surface area contributed by atoms with Crippen LogP contribution in [0.5, 0.6) is 11.5 Å². The molecule has 1 fully saturated rings. The van der Waals surface area contributed by atoms with E-state index in [9.17, 15) is 9.59 Å². The molecule has 6 nitrogen and oxygen atoms in total. The first-order valence-corrected chi connectivity index (χ1v) is 10.3. The van der Waals surface area contributed by atoms with Crippen LogP contribution in [-0.2, 0) is 16.0 Å². The Bertz CT molecular complexity index is 965. The molecule has 0 aromatic heterocycles. The van der Waals surface area contributed by atoms with Crippen LogP contribution in [0.4, 0.5) is 11.4 Å². The van der Waals surface area contributed by atoms with E-state index < -0.39 is 5.79 Å². The highest BCUT2D eigenvalue weighted by Crippen LogP contribution is 2.47. The van der Waals surface area contributed by atoms with Crippen molar-refractivity contribution in [2.24, 2.45) is 5.92 Å². The maximum Gasteiger partial charge on any atom is 0.251 e. The molecule has 1 aliphatic carbocycles. The molecule has 2 aliphatic heterocycles. The first-order valence-electron chi connectivity index (χ1n) is 10.3. The molecule has 1 spiro atoms. The Hall–Kier alpha value is -3.02. The fourth-order valence-corrected chi connectivity index (χ4v) is 4.46. The second-order valence-corrected chi connectivity index (χ2v) is 8.12. The monoisotopic (exact) mass is 392 g/mol. The van der Waals surface area contributed by atoms with Crippen molar-refractivity contribution in [3.63, 3.8) is 0 Å². The molecule has 0 radical (unpaired) electrons. The number of benzene rings is 2. The predicted octanol–water partition coefficient (Wildman–Crippen LogP) is 4.26. The summed E-state index contributed by atoms with van der Waals surface area (Å²) in [4.78, 5) is 24.7. The Morgan fingerprint density at radius 1 is 1.10 bits per heavy atom. The lowest BCUT2D eigenvalue weighted by molar-refractivity contribution is -0.121. The van der Waals surface area contributed by atoms with Gasteiger partial charge in [-0.1, -0.05) is 18.2 Å². The van der Waals surface area contributed by atoms with Gasteiger partial charge in [-0.3, -0.25) is 9.59 Å². The molecule has 6 heteroatoms. The molecule has 29 heavy (non-hydrogen) atoms. The minimum absolute atomic E-state index is 0.0126. The Labute approximate surface area is 169 Å². The van der Waals surface area contributed by atoms with Crippen molar-refractivity contribution in [3.05, 3.63) is 48.0 Å². The number of fused-ring (bicyclic) bond motifs is 2. The molecule has 0 bridgehead atoms. The summed E-state index contributed by atoms with van der Waals surface area (Å²) < 4.78 is 12.1. The smallest absolute Gasteiger partial charge is 0.251 e. The number of rotatable bonds is 4. The predicted molar refractivity (Wildman–Crippen MR) is 109 cm³/mol. The van der Waals surface area contributed by atoms with E-state index in [1.54, 1.807) is 0 Å². The van der Waals surface area contributed by atoms with Crippen LogP contribution in [0.15, 0.2) is 42.5 Å². The van der Waals surface area contributed by atoms with Gasteiger partial charge in [0.25, 0.3) is 5.79 Å². The highest BCUT2D eigenvalue weighted by molar-refractivity contribution is 5.96. The second kappa shape index (κ2) is 7.10. The number of hydrogen-bond acceptors (Lipinski definition) is 4. The summed E-state index contributed by atoms with van der Waals surface area (Å²) in [5.41, 5.74) is 2.68. The van der Waals surface area contributed by atoms with Gasteiger partial charge in [0.15, 0.2) is 11.5 Å².